The maximum Gasteiger partial charge on any atom is 0.133 e. The van der Waals surface area contributed by atoms with Crippen LogP contribution in [0.25, 0.3) is 0 Å². The highest BCUT2D eigenvalue weighted by Crippen LogP contribution is 2.29. The average Bonchev–Trinajstić information content (AvgIpc) is 2.71. The molecule has 4 heteroatoms. The second-order valence-corrected chi connectivity index (χ2v) is 5.90. The molecule has 1 aliphatic heterocycles. The summed E-state index contributed by atoms with van der Waals surface area (Å²) in [6.45, 7) is 4.85. The molecule has 4 nitrogen and oxygen atoms in total. The third-order valence-electron chi connectivity index (χ3n) is 4.43. The normalized spacial score (nSPS) is 26.9. The Morgan fingerprint density at radius 1 is 1.30 bits per heavy atom. The number of fused-ring (bicyclic) bond motifs is 1. The molecule has 0 amide bonds. The summed E-state index contributed by atoms with van der Waals surface area (Å²) in [5.41, 5.74) is 2.59. The van der Waals surface area contributed by atoms with Gasteiger partial charge in [0.05, 0.1) is 6.61 Å². The first-order chi connectivity index (χ1) is 9.88. The number of rotatable bonds is 3. The lowest BCUT2D eigenvalue weighted by atomic mass is 10.00. The van der Waals surface area contributed by atoms with Crippen molar-refractivity contribution in [2.45, 2.75) is 57.4 Å². The molecular formula is C16H25N3O. The lowest BCUT2D eigenvalue weighted by Gasteiger charge is -2.23. The number of hydrogen-bond donors (Lipinski definition) is 1. The Bertz CT molecular complexity index is 443. The van der Waals surface area contributed by atoms with E-state index in [1.165, 1.54) is 30.5 Å². The van der Waals surface area contributed by atoms with E-state index in [0.717, 1.165) is 44.8 Å². The molecule has 0 spiro atoms. The van der Waals surface area contributed by atoms with Crippen LogP contribution >= 0.6 is 0 Å². The quantitative estimate of drug-likeness (QED) is 0.862. The van der Waals surface area contributed by atoms with E-state index >= 15 is 0 Å². The van der Waals surface area contributed by atoms with Gasteiger partial charge in [-0.3, -0.25) is 0 Å². The molecule has 0 saturated carbocycles. The molecule has 0 aromatic carbocycles. The number of aromatic nitrogens is 2. The zero-order valence-electron chi connectivity index (χ0n) is 12.4. The van der Waals surface area contributed by atoms with E-state index in [9.17, 15) is 0 Å². The van der Waals surface area contributed by atoms with Crippen LogP contribution in [0.15, 0.2) is 6.20 Å². The fourth-order valence-corrected chi connectivity index (χ4v) is 3.33. The molecule has 1 aromatic rings. The summed E-state index contributed by atoms with van der Waals surface area (Å²) in [4.78, 5) is 9.56. The second-order valence-electron chi connectivity index (χ2n) is 5.90. The largest absolute Gasteiger partial charge is 0.381 e. The molecule has 3 rings (SSSR count). The van der Waals surface area contributed by atoms with Gasteiger partial charge in [-0.25, -0.2) is 9.97 Å². The second kappa shape index (κ2) is 6.64. The highest BCUT2D eigenvalue weighted by Gasteiger charge is 2.23. The molecule has 1 aromatic heterocycles. The topological polar surface area (TPSA) is 47.0 Å². The maximum atomic E-state index is 5.57. The lowest BCUT2D eigenvalue weighted by Crippen LogP contribution is -2.23. The van der Waals surface area contributed by atoms with Crippen molar-refractivity contribution in [3.05, 3.63) is 23.3 Å². The maximum absolute atomic E-state index is 5.57. The Labute approximate surface area is 121 Å². The van der Waals surface area contributed by atoms with Gasteiger partial charge in [0.2, 0.25) is 0 Å². The van der Waals surface area contributed by atoms with Crippen molar-refractivity contribution < 1.29 is 4.74 Å². The Morgan fingerprint density at radius 3 is 3.05 bits per heavy atom. The van der Waals surface area contributed by atoms with Crippen molar-refractivity contribution in [3.8, 4) is 0 Å². The Kier molecular flexibility index (Phi) is 4.63. The minimum atomic E-state index is 0.398. The van der Waals surface area contributed by atoms with Gasteiger partial charge in [0.15, 0.2) is 0 Å². The zero-order chi connectivity index (χ0) is 13.8. The zero-order valence-corrected chi connectivity index (χ0v) is 12.4. The third-order valence-corrected chi connectivity index (χ3v) is 4.43. The van der Waals surface area contributed by atoms with E-state index in [2.05, 4.69) is 23.4 Å². The molecule has 0 radical (unpaired) electrons. The number of hydrogen-bond acceptors (Lipinski definition) is 4. The Morgan fingerprint density at radius 2 is 2.25 bits per heavy atom. The van der Waals surface area contributed by atoms with Crippen molar-refractivity contribution in [1.82, 2.24) is 15.3 Å². The van der Waals surface area contributed by atoms with E-state index in [4.69, 9.17) is 9.72 Å². The molecule has 110 valence electrons. The first-order valence-electron chi connectivity index (χ1n) is 8.05. The van der Waals surface area contributed by atoms with Gasteiger partial charge in [0.1, 0.15) is 5.82 Å². The van der Waals surface area contributed by atoms with Gasteiger partial charge < -0.3 is 10.1 Å². The standard InChI is InChI=1S/C16H25N3O/c1-2-17-14-7-3-4-8-15-13(14)10-18-16(19-15)12-6-5-9-20-11-12/h10,12,14,17H,2-9,11H2,1H3. The SMILES string of the molecule is CCNC1CCCCc2nc(C3CCCOC3)ncc21. The molecular weight excluding hydrogens is 250 g/mol. The van der Waals surface area contributed by atoms with Crippen LogP contribution < -0.4 is 5.32 Å². The minimum Gasteiger partial charge on any atom is -0.381 e. The number of nitrogens with zero attached hydrogens (tertiary/aromatic N) is 2. The van der Waals surface area contributed by atoms with E-state index in [1.807, 2.05) is 0 Å². The van der Waals surface area contributed by atoms with E-state index in [1.54, 1.807) is 0 Å². The number of ether oxygens (including phenoxy) is 1. The fraction of sp³-hybridized carbons (Fsp3) is 0.750. The molecule has 1 N–H and O–H groups in total. The van der Waals surface area contributed by atoms with Gasteiger partial charge >= 0.3 is 0 Å². The molecule has 2 heterocycles. The monoisotopic (exact) mass is 275 g/mol. The van der Waals surface area contributed by atoms with Gasteiger partial charge in [0.25, 0.3) is 0 Å². The summed E-state index contributed by atoms with van der Waals surface area (Å²) in [7, 11) is 0. The van der Waals surface area contributed by atoms with Crippen molar-refractivity contribution >= 4 is 0 Å². The van der Waals surface area contributed by atoms with E-state index in [-0.39, 0.29) is 0 Å². The molecule has 20 heavy (non-hydrogen) atoms. The van der Waals surface area contributed by atoms with Crippen LogP contribution in [0.3, 0.4) is 0 Å². The summed E-state index contributed by atoms with van der Waals surface area (Å²) >= 11 is 0. The van der Waals surface area contributed by atoms with Crippen LogP contribution in [0.1, 0.15) is 68.1 Å². The Balaban J connectivity index is 1.84. The van der Waals surface area contributed by atoms with Gasteiger partial charge in [-0.2, -0.15) is 0 Å². The summed E-state index contributed by atoms with van der Waals surface area (Å²) in [6.07, 6.45) is 9.18. The van der Waals surface area contributed by atoms with Crippen LogP contribution in [0.2, 0.25) is 0 Å². The first kappa shape index (κ1) is 14.0. The summed E-state index contributed by atoms with van der Waals surface area (Å²) in [6, 6.07) is 0.439. The highest BCUT2D eigenvalue weighted by atomic mass is 16.5. The van der Waals surface area contributed by atoms with Gasteiger partial charge in [-0.05, 0) is 38.6 Å². The highest BCUT2D eigenvalue weighted by molar-refractivity contribution is 5.24. The molecule has 1 aliphatic carbocycles. The van der Waals surface area contributed by atoms with Gasteiger partial charge in [0, 0.05) is 36.0 Å². The summed E-state index contributed by atoms with van der Waals surface area (Å²) in [5.74, 6) is 1.40. The number of aryl methyl sites for hydroxylation is 1. The molecule has 2 aliphatic rings. The third kappa shape index (κ3) is 3.01. The smallest absolute Gasteiger partial charge is 0.133 e. The van der Waals surface area contributed by atoms with Crippen LogP contribution in [0.5, 0.6) is 0 Å². The Hall–Kier alpha value is -1.00. The average molecular weight is 275 g/mol. The van der Waals surface area contributed by atoms with Gasteiger partial charge in [-0.15, -0.1) is 0 Å². The predicted octanol–water partition coefficient (Wildman–Crippen LogP) is 2.75. The lowest BCUT2D eigenvalue weighted by molar-refractivity contribution is 0.0779. The summed E-state index contributed by atoms with van der Waals surface area (Å²) in [5, 5.41) is 3.57. The van der Waals surface area contributed by atoms with Crippen LogP contribution in [-0.2, 0) is 11.2 Å². The van der Waals surface area contributed by atoms with Crippen LogP contribution in [0.4, 0.5) is 0 Å². The fourth-order valence-electron chi connectivity index (χ4n) is 3.33. The van der Waals surface area contributed by atoms with Crippen LogP contribution in [-0.4, -0.2) is 29.7 Å². The van der Waals surface area contributed by atoms with Crippen molar-refractivity contribution in [2.24, 2.45) is 0 Å². The van der Waals surface area contributed by atoms with Crippen LogP contribution in [0, 0.1) is 0 Å². The molecule has 0 bridgehead atoms. The molecule has 1 saturated heterocycles. The van der Waals surface area contributed by atoms with E-state index in [0.29, 0.717) is 12.0 Å². The summed E-state index contributed by atoms with van der Waals surface area (Å²) < 4.78 is 5.57. The van der Waals surface area contributed by atoms with Crippen molar-refractivity contribution in [2.75, 3.05) is 19.8 Å². The molecule has 1 fully saturated rings. The number of nitrogens with one attached hydrogen (secondary N) is 1. The van der Waals surface area contributed by atoms with Gasteiger partial charge in [-0.1, -0.05) is 13.3 Å². The van der Waals surface area contributed by atoms with Crippen molar-refractivity contribution in [3.63, 3.8) is 0 Å². The predicted molar refractivity (Wildman–Crippen MR) is 78.8 cm³/mol. The van der Waals surface area contributed by atoms with E-state index < -0.39 is 0 Å². The molecule has 2 atom stereocenters. The first-order valence-corrected chi connectivity index (χ1v) is 8.05. The minimum absolute atomic E-state index is 0.398. The van der Waals surface area contributed by atoms with Crippen molar-refractivity contribution in [1.29, 1.82) is 0 Å². The molecule has 2 unspecified atom stereocenters.